The Morgan fingerprint density at radius 2 is 1.48 bits per heavy atom. The summed E-state index contributed by atoms with van der Waals surface area (Å²) in [6, 6.07) is 22.2. The van der Waals surface area contributed by atoms with Crippen LogP contribution in [0.4, 0.5) is 5.69 Å². The van der Waals surface area contributed by atoms with Crippen LogP contribution in [0.25, 0.3) is 10.8 Å². The zero-order valence-corrected chi connectivity index (χ0v) is 18.1. The van der Waals surface area contributed by atoms with Gasteiger partial charge in [0.25, 0.3) is 0 Å². The monoisotopic (exact) mass is 436 g/mol. The number of nitrogens with zero attached hydrogens (tertiary/aromatic N) is 1. The summed E-state index contributed by atoms with van der Waals surface area (Å²) >= 11 is 0. The molecule has 3 aromatic rings. The summed E-state index contributed by atoms with van der Waals surface area (Å²) in [6.07, 6.45) is 5.30. The molecule has 5 heteroatoms. The normalized spacial score (nSPS) is 26.1. The number of allylic oxidation sites excluding steroid dienone is 2. The average Bonchev–Trinajstić information content (AvgIpc) is 3.52. The van der Waals surface area contributed by atoms with Crippen molar-refractivity contribution in [3.8, 4) is 0 Å². The first kappa shape index (κ1) is 19.9. The van der Waals surface area contributed by atoms with Gasteiger partial charge in [-0.3, -0.25) is 19.3 Å². The van der Waals surface area contributed by atoms with Gasteiger partial charge in [-0.1, -0.05) is 78.9 Å². The van der Waals surface area contributed by atoms with Crippen LogP contribution in [-0.4, -0.2) is 28.7 Å². The standard InChI is InChI=1S/C28H24N2O3/c31-26(29-22-12-6-10-18-9-4-5-11-21(18)22)23(15-17-7-2-1-3-8-17)30-27(32)24-19-13-14-20(16-19)25(24)28(30)33/h1-14,19-20,23-25H,15-16H2,(H,29,31)/t19-,20-,23-,24-,25+/m0/s1. The van der Waals surface area contributed by atoms with E-state index in [-0.39, 0.29) is 47.8 Å². The molecule has 0 radical (unpaired) electrons. The van der Waals surface area contributed by atoms with Crippen molar-refractivity contribution in [2.45, 2.75) is 18.9 Å². The number of rotatable bonds is 5. The van der Waals surface area contributed by atoms with E-state index in [2.05, 4.69) is 17.5 Å². The Bertz CT molecular complexity index is 1260. The van der Waals surface area contributed by atoms with Crippen molar-refractivity contribution in [2.24, 2.45) is 23.7 Å². The molecule has 2 bridgehead atoms. The van der Waals surface area contributed by atoms with E-state index in [0.29, 0.717) is 5.69 Å². The van der Waals surface area contributed by atoms with Gasteiger partial charge in [0.1, 0.15) is 6.04 Å². The molecule has 164 valence electrons. The smallest absolute Gasteiger partial charge is 0.248 e. The highest BCUT2D eigenvalue weighted by Crippen LogP contribution is 2.53. The maximum Gasteiger partial charge on any atom is 0.248 e. The van der Waals surface area contributed by atoms with Crippen LogP contribution < -0.4 is 5.32 Å². The van der Waals surface area contributed by atoms with Crippen molar-refractivity contribution in [3.05, 3.63) is 90.5 Å². The summed E-state index contributed by atoms with van der Waals surface area (Å²) in [5.74, 6) is -1.16. The van der Waals surface area contributed by atoms with E-state index in [1.165, 1.54) is 4.90 Å². The molecule has 6 rings (SSSR count). The number of fused-ring (bicyclic) bond motifs is 6. The van der Waals surface area contributed by atoms with Crippen molar-refractivity contribution in [2.75, 3.05) is 5.32 Å². The van der Waals surface area contributed by atoms with E-state index in [1.54, 1.807) is 0 Å². The Morgan fingerprint density at radius 3 is 2.21 bits per heavy atom. The van der Waals surface area contributed by atoms with Crippen molar-refractivity contribution in [3.63, 3.8) is 0 Å². The Labute approximate surface area is 192 Å². The fraction of sp³-hybridized carbons (Fsp3) is 0.250. The van der Waals surface area contributed by atoms with E-state index in [4.69, 9.17) is 0 Å². The van der Waals surface area contributed by atoms with Crippen molar-refractivity contribution in [1.29, 1.82) is 0 Å². The summed E-state index contributed by atoms with van der Waals surface area (Å²) in [6.45, 7) is 0. The molecule has 0 spiro atoms. The van der Waals surface area contributed by atoms with Crippen molar-refractivity contribution in [1.82, 2.24) is 4.90 Å². The van der Waals surface area contributed by atoms with Gasteiger partial charge in [-0.05, 0) is 35.3 Å². The zero-order chi connectivity index (χ0) is 22.5. The highest BCUT2D eigenvalue weighted by molar-refractivity contribution is 6.12. The van der Waals surface area contributed by atoms with Crippen molar-refractivity contribution < 1.29 is 14.4 Å². The molecule has 3 amide bonds. The molecule has 5 nitrogen and oxygen atoms in total. The number of hydrogen-bond donors (Lipinski definition) is 1. The second-order valence-corrected chi connectivity index (χ2v) is 9.27. The molecular weight excluding hydrogens is 412 g/mol. The van der Waals surface area contributed by atoms with Crippen LogP contribution in [0.15, 0.2) is 84.9 Å². The maximum absolute atomic E-state index is 13.7. The van der Waals surface area contributed by atoms with Crippen LogP contribution in [0.2, 0.25) is 0 Å². The van der Waals surface area contributed by atoms with E-state index >= 15 is 0 Å². The number of carbonyl (C=O) groups excluding carboxylic acids is 3. The lowest BCUT2D eigenvalue weighted by atomic mass is 9.85. The molecule has 3 aromatic carbocycles. The topological polar surface area (TPSA) is 66.5 Å². The van der Waals surface area contributed by atoms with Crippen LogP contribution in [0.5, 0.6) is 0 Å². The molecule has 3 aliphatic rings. The van der Waals surface area contributed by atoms with E-state index in [1.807, 2.05) is 72.8 Å². The SMILES string of the molecule is O=C(Nc1cccc2ccccc12)[C@H](Cc1ccccc1)N1C(=O)[C@@H]2[C@H](C1=O)[C@H]1C=C[C@H]2C1. The third kappa shape index (κ3) is 3.18. The Kier molecular flexibility index (Phi) is 4.64. The summed E-state index contributed by atoms with van der Waals surface area (Å²) < 4.78 is 0. The van der Waals surface area contributed by atoms with E-state index in [0.717, 1.165) is 22.8 Å². The van der Waals surface area contributed by atoms with E-state index in [9.17, 15) is 14.4 Å². The van der Waals surface area contributed by atoms with Crippen LogP contribution >= 0.6 is 0 Å². The first-order valence-electron chi connectivity index (χ1n) is 11.5. The molecule has 5 atom stereocenters. The number of hydrogen-bond acceptors (Lipinski definition) is 3. The molecule has 1 saturated heterocycles. The van der Waals surface area contributed by atoms with Crippen molar-refractivity contribution >= 4 is 34.2 Å². The van der Waals surface area contributed by atoms with Gasteiger partial charge in [-0.2, -0.15) is 0 Å². The van der Waals surface area contributed by atoms with Gasteiger partial charge in [0.05, 0.1) is 11.8 Å². The molecule has 0 aromatic heterocycles. The average molecular weight is 437 g/mol. The summed E-state index contributed by atoms with van der Waals surface area (Å²) in [5.41, 5.74) is 1.59. The molecule has 0 unspecified atom stereocenters. The highest BCUT2D eigenvalue weighted by atomic mass is 16.2. The Morgan fingerprint density at radius 1 is 0.848 bits per heavy atom. The fourth-order valence-electron chi connectivity index (χ4n) is 5.92. The minimum absolute atomic E-state index is 0.111. The molecule has 1 N–H and O–H groups in total. The van der Waals surface area contributed by atoms with Gasteiger partial charge >= 0.3 is 0 Å². The van der Waals surface area contributed by atoms with Crippen LogP contribution in [0.1, 0.15) is 12.0 Å². The first-order valence-corrected chi connectivity index (χ1v) is 11.5. The molecular formula is C28H24N2O3. The Balaban J connectivity index is 1.35. The van der Waals surface area contributed by atoms with Gasteiger partial charge in [-0.15, -0.1) is 0 Å². The molecule has 1 aliphatic heterocycles. The van der Waals surface area contributed by atoms with Crippen LogP contribution in [0, 0.1) is 23.7 Å². The zero-order valence-electron chi connectivity index (χ0n) is 18.1. The molecule has 1 heterocycles. The molecule has 33 heavy (non-hydrogen) atoms. The van der Waals surface area contributed by atoms with Crippen LogP contribution in [-0.2, 0) is 20.8 Å². The maximum atomic E-state index is 13.7. The third-order valence-corrected chi connectivity index (χ3v) is 7.44. The largest absolute Gasteiger partial charge is 0.324 e. The summed E-state index contributed by atoms with van der Waals surface area (Å²) in [7, 11) is 0. The number of amides is 3. The van der Waals surface area contributed by atoms with Gasteiger partial charge in [-0.25, -0.2) is 0 Å². The second-order valence-electron chi connectivity index (χ2n) is 9.27. The first-order chi connectivity index (χ1) is 16.1. The number of benzene rings is 3. The lowest BCUT2D eigenvalue weighted by Gasteiger charge is -2.27. The Hall–Kier alpha value is -3.73. The predicted octanol–water partition coefficient (Wildman–Crippen LogP) is 4.20. The molecule has 2 aliphatic carbocycles. The molecule has 2 fully saturated rings. The number of likely N-dealkylation sites (tertiary alicyclic amines) is 1. The minimum atomic E-state index is -0.892. The summed E-state index contributed by atoms with van der Waals surface area (Å²) in [5, 5.41) is 4.96. The van der Waals surface area contributed by atoms with Gasteiger partial charge < -0.3 is 5.32 Å². The molecule has 1 saturated carbocycles. The number of carbonyl (C=O) groups is 3. The fourth-order valence-corrected chi connectivity index (χ4v) is 5.92. The number of nitrogens with one attached hydrogen (secondary N) is 1. The predicted molar refractivity (Wildman–Crippen MR) is 126 cm³/mol. The van der Waals surface area contributed by atoms with Gasteiger partial charge in [0.2, 0.25) is 17.7 Å². The third-order valence-electron chi connectivity index (χ3n) is 7.44. The number of anilines is 1. The lowest BCUT2D eigenvalue weighted by molar-refractivity contribution is -0.147. The number of imide groups is 1. The van der Waals surface area contributed by atoms with Gasteiger partial charge in [0, 0.05) is 17.5 Å². The lowest BCUT2D eigenvalue weighted by Crippen LogP contribution is -2.49. The van der Waals surface area contributed by atoms with Gasteiger partial charge in [0.15, 0.2) is 0 Å². The van der Waals surface area contributed by atoms with Crippen LogP contribution in [0.3, 0.4) is 0 Å². The minimum Gasteiger partial charge on any atom is -0.324 e. The van der Waals surface area contributed by atoms with E-state index < -0.39 is 6.04 Å². The quantitative estimate of drug-likeness (QED) is 0.482. The summed E-state index contributed by atoms with van der Waals surface area (Å²) in [4.78, 5) is 41.9. The second kappa shape index (κ2) is 7.69. The highest BCUT2D eigenvalue weighted by Gasteiger charge is 2.61.